The van der Waals surface area contributed by atoms with Gasteiger partial charge in [-0.05, 0) is 68.0 Å². The van der Waals surface area contributed by atoms with Crippen LogP contribution in [0, 0.1) is 5.92 Å². The Balaban J connectivity index is 1.19. The molecule has 0 bridgehead atoms. The number of carbonyl (C=O) groups is 2. The number of nitrogens with zero attached hydrogens (tertiary/aromatic N) is 2. The molecule has 160 valence electrons. The number of likely N-dealkylation sites (tertiary alicyclic amines) is 2. The van der Waals surface area contributed by atoms with Gasteiger partial charge in [-0.25, -0.2) is 0 Å². The number of piperidine rings is 1. The molecule has 3 fully saturated rings. The van der Waals surface area contributed by atoms with Crippen molar-refractivity contribution in [2.24, 2.45) is 5.92 Å². The van der Waals surface area contributed by atoms with Crippen molar-refractivity contribution in [1.29, 1.82) is 0 Å². The second kappa shape index (κ2) is 8.06. The summed E-state index contributed by atoms with van der Waals surface area (Å²) in [6.07, 6.45) is 8.48. The number of nitrogens with one attached hydrogen (secondary N) is 1. The van der Waals surface area contributed by atoms with E-state index >= 15 is 0 Å². The Morgan fingerprint density at radius 1 is 1.07 bits per heavy atom. The molecule has 6 heteroatoms. The summed E-state index contributed by atoms with van der Waals surface area (Å²) >= 11 is 0. The Morgan fingerprint density at radius 3 is 2.67 bits per heavy atom. The summed E-state index contributed by atoms with van der Waals surface area (Å²) in [5, 5.41) is 1.12. The van der Waals surface area contributed by atoms with Crippen LogP contribution in [0.25, 0.3) is 10.9 Å². The van der Waals surface area contributed by atoms with Gasteiger partial charge in [-0.1, -0.05) is 6.07 Å². The van der Waals surface area contributed by atoms with Gasteiger partial charge in [0.25, 0.3) is 5.91 Å². The Labute approximate surface area is 177 Å². The van der Waals surface area contributed by atoms with Crippen LogP contribution < -0.4 is 0 Å². The van der Waals surface area contributed by atoms with Crippen molar-refractivity contribution in [3.63, 3.8) is 0 Å². The molecule has 3 aliphatic rings. The van der Waals surface area contributed by atoms with Crippen LogP contribution in [0.2, 0.25) is 0 Å². The molecule has 0 radical (unpaired) electrons. The van der Waals surface area contributed by atoms with Crippen molar-refractivity contribution in [2.75, 3.05) is 32.8 Å². The van der Waals surface area contributed by atoms with Crippen molar-refractivity contribution in [3.8, 4) is 0 Å². The average Bonchev–Trinajstić information content (AvgIpc) is 3.45. The number of benzene rings is 1. The molecule has 4 heterocycles. The Morgan fingerprint density at radius 2 is 1.87 bits per heavy atom. The Bertz CT molecular complexity index is 923. The minimum Gasteiger partial charge on any atom is -0.375 e. The van der Waals surface area contributed by atoms with E-state index in [9.17, 15) is 9.59 Å². The van der Waals surface area contributed by atoms with Crippen LogP contribution in [0.5, 0.6) is 0 Å². The predicted octanol–water partition coefficient (Wildman–Crippen LogP) is 3.58. The highest BCUT2D eigenvalue weighted by molar-refractivity contribution is 5.98. The maximum atomic E-state index is 13.0. The molecule has 1 aromatic carbocycles. The number of hydrogen-bond donors (Lipinski definition) is 1. The number of ether oxygens (including phenoxy) is 1. The molecule has 1 N–H and O–H groups in total. The van der Waals surface area contributed by atoms with E-state index in [1.807, 2.05) is 40.3 Å². The number of hydrogen-bond acceptors (Lipinski definition) is 3. The van der Waals surface area contributed by atoms with Gasteiger partial charge in [0.05, 0.1) is 5.60 Å². The molecule has 0 aliphatic carbocycles. The van der Waals surface area contributed by atoms with E-state index in [-0.39, 0.29) is 11.5 Å². The highest BCUT2D eigenvalue weighted by atomic mass is 16.5. The first-order chi connectivity index (χ1) is 14.6. The first kappa shape index (κ1) is 19.6. The fraction of sp³-hybridized carbons (Fsp3) is 0.583. The third kappa shape index (κ3) is 3.85. The topological polar surface area (TPSA) is 65.6 Å². The van der Waals surface area contributed by atoms with Crippen molar-refractivity contribution in [2.45, 2.75) is 50.5 Å². The van der Waals surface area contributed by atoms with Gasteiger partial charge >= 0.3 is 0 Å². The van der Waals surface area contributed by atoms with Crippen LogP contribution >= 0.6 is 0 Å². The standard InChI is InChI=1S/C24H31N3O3/c28-22(26-10-1-2-11-26)15-18-6-14-30-24(17-18)7-12-27(13-8-24)23(29)20-4-3-19-5-9-25-21(19)16-20/h3-5,9,16,18,25H,1-2,6-8,10-15,17H2. The van der Waals surface area contributed by atoms with Crippen LogP contribution in [0.4, 0.5) is 0 Å². The van der Waals surface area contributed by atoms with Gasteiger partial charge in [0, 0.05) is 56.5 Å². The molecule has 1 atom stereocenters. The second-order valence-corrected chi connectivity index (χ2v) is 9.25. The number of fused-ring (bicyclic) bond motifs is 1. The summed E-state index contributed by atoms with van der Waals surface area (Å²) in [6, 6.07) is 7.87. The van der Waals surface area contributed by atoms with Gasteiger partial charge in [-0.2, -0.15) is 0 Å². The Hall–Kier alpha value is -2.34. The molecule has 6 nitrogen and oxygen atoms in total. The van der Waals surface area contributed by atoms with Gasteiger partial charge in [-0.15, -0.1) is 0 Å². The van der Waals surface area contributed by atoms with Gasteiger partial charge in [0.1, 0.15) is 0 Å². The highest BCUT2D eigenvalue weighted by Crippen LogP contribution is 2.39. The number of H-pyrrole nitrogens is 1. The molecule has 3 aliphatic heterocycles. The van der Waals surface area contributed by atoms with Gasteiger partial charge in [0.15, 0.2) is 0 Å². The summed E-state index contributed by atoms with van der Waals surface area (Å²) < 4.78 is 6.26. The quantitative estimate of drug-likeness (QED) is 0.843. The van der Waals surface area contributed by atoms with Gasteiger partial charge in [0.2, 0.25) is 5.91 Å². The van der Waals surface area contributed by atoms with Crippen molar-refractivity contribution in [3.05, 3.63) is 36.0 Å². The van der Waals surface area contributed by atoms with E-state index in [1.165, 1.54) is 0 Å². The minimum absolute atomic E-state index is 0.0953. The van der Waals surface area contributed by atoms with Crippen LogP contribution in [0.3, 0.4) is 0 Å². The summed E-state index contributed by atoms with van der Waals surface area (Å²) in [4.78, 5) is 32.8. The number of aromatic amines is 1. The fourth-order valence-corrected chi connectivity index (χ4v) is 5.48. The van der Waals surface area contributed by atoms with Crippen LogP contribution in [0.15, 0.2) is 30.5 Å². The smallest absolute Gasteiger partial charge is 0.253 e. The molecule has 1 unspecified atom stereocenters. The molecule has 30 heavy (non-hydrogen) atoms. The lowest BCUT2D eigenvalue weighted by Crippen LogP contribution is -2.51. The number of aromatic nitrogens is 1. The lowest BCUT2D eigenvalue weighted by molar-refractivity contribution is -0.140. The molecule has 0 saturated carbocycles. The fourth-order valence-electron chi connectivity index (χ4n) is 5.48. The largest absolute Gasteiger partial charge is 0.375 e. The van der Waals surface area contributed by atoms with E-state index in [2.05, 4.69) is 4.98 Å². The zero-order valence-corrected chi connectivity index (χ0v) is 17.6. The maximum Gasteiger partial charge on any atom is 0.253 e. The predicted molar refractivity (Wildman–Crippen MR) is 115 cm³/mol. The SMILES string of the molecule is O=C(CC1CCOC2(CCN(C(=O)c3ccc4cc[nH]c4c3)CC2)C1)N1CCCC1. The minimum atomic E-state index is -0.158. The van der Waals surface area contributed by atoms with Crippen LogP contribution in [0.1, 0.15) is 55.3 Å². The molecule has 1 spiro atoms. The van der Waals surface area contributed by atoms with Gasteiger partial charge < -0.3 is 19.5 Å². The number of amides is 2. The second-order valence-electron chi connectivity index (χ2n) is 9.25. The summed E-state index contributed by atoms with van der Waals surface area (Å²) in [5.41, 5.74) is 1.57. The molecule has 1 aromatic heterocycles. The molecule has 2 amide bonds. The van der Waals surface area contributed by atoms with E-state index in [0.717, 1.165) is 74.7 Å². The lowest BCUT2D eigenvalue weighted by atomic mass is 9.78. The zero-order valence-electron chi connectivity index (χ0n) is 17.6. The van der Waals surface area contributed by atoms with Crippen molar-refractivity contribution < 1.29 is 14.3 Å². The Kier molecular flexibility index (Phi) is 5.27. The van der Waals surface area contributed by atoms with E-state index in [4.69, 9.17) is 4.74 Å². The molecule has 2 aromatic rings. The first-order valence-corrected chi connectivity index (χ1v) is 11.4. The number of carbonyl (C=O) groups excluding carboxylic acids is 2. The monoisotopic (exact) mass is 409 g/mol. The van der Waals surface area contributed by atoms with E-state index < -0.39 is 0 Å². The molecular weight excluding hydrogens is 378 g/mol. The van der Waals surface area contributed by atoms with Gasteiger partial charge in [-0.3, -0.25) is 9.59 Å². The zero-order chi connectivity index (χ0) is 20.6. The molecule has 5 rings (SSSR count). The van der Waals surface area contributed by atoms with Crippen molar-refractivity contribution in [1.82, 2.24) is 14.8 Å². The highest BCUT2D eigenvalue weighted by Gasteiger charge is 2.42. The lowest BCUT2D eigenvalue weighted by Gasteiger charge is -2.46. The average molecular weight is 410 g/mol. The number of rotatable bonds is 3. The summed E-state index contributed by atoms with van der Waals surface area (Å²) in [7, 11) is 0. The molecule has 3 saturated heterocycles. The normalized spacial score (nSPS) is 23.9. The van der Waals surface area contributed by atoms with E-state index in [1.54, 1.807) is 0 Å². The maximum absolute atomic E-state index is 13.0. The third-order valence-electron chi connectivity index (χ3n) is 7.28. The van der Waals surface area contributed by atoms with Crippen LogP contribution in [-0.2, 0) is 9.53 Å². The summed E-state index contributed by atoms with van der Waals surface area (Å²) in [6.45, 7) is 4.02. The third-order valence-corrected chi connectivity index (χ3v) is 7.28. The molecular formula is C24H31N3O3. The summed E-state index contributed by atoms with van der Waals surface area (Å²) in [5.74, 6) is 0.823. The van der Waals surface area contributed by atoms with Crippen LogP contribution in [-0.4, -0.2) is 65.0 Å². The van der Waals surface area contributed by atoms with E-state index in [0.29, 0.717) is 31.3 Å². The van der Waals surface area contributed by atoms with Crippen molar-refractivity contribution >= 4 is 22.7 Å². The first-order valence-electron chi connectivity index (χ1n) is 11.4.